The maximum atomic E-state index is 13.8. The molecule has 0 saturated heterocycles. The molecule has 0 aliphatic carbocycles. The highest BCUT2D eigenvalue weighted by molar-refractivity contribution is 7.07. The third-order valence-corrected chi connectivity index (χ3v) is 7.80. The molecule has 3 aromatic rings. The number of nitrogens with zero attached hydrogens (tertiary/aromatic N) is 1. The average Bonchev–Trinajstić information content (AvgIpc) is 3.31. The van der Waals surface area contributed by atoms with E-state index in [2.05, 4.69) is 0 Å². The molecule has 1 aromatic heterocycles. The van der Waals surface area contributed by atoms with Crippen molar-refractivity contribution in [3.05, 3.63) is 72.6 Å². The zero-order chi connectivity index (χ0) is 32.3. The number of ether oxygens (including phenoxy) is 6. The molecule has 0 amide bonds. The number of hydrogen-bond donors (Lipinski definition) is 1. The molecule has 2 aromatic carbocycles. The van der Waals surface area contributed by atoms with Crippen LogP contribution in [0.15, 0.2) is 46.8 Å². The van der Waals surface area contributed by atoms with Crippen LogP contribution in [0.25, 0.3) is 17.5 Å². The monoisotopic (exact) mass is 624 g/mol. The Morgan fingerprint density at radius 3 is 1.91 bits per heavy atom. The van der Waals surface area contributed by atoms with Crippen LogP contribution in [-0.2, 0) is 19.1 Å². The number of fused-ring (bicyclic) bond motifs is 1. The minimum absolute atomic E-state index is 0.0432. The Kier molecular flexibility index (Phi) is 9.73. The summed E-state index contributed by atoms with van der Waals surface area (Å²) in [5.74, 6) is -0.865. The summed E-state index contributed by atoms with van der Waals surface area (Å²) >= 11 is 1.04. The Bertz CT molecular complexity index is 1800. The molecule has 12 heteroatoms. The highest BCUT2D eigenvalue weighted by atomic mass is 32.1. The molecule has 0 fully saturated rings. The number of methoxy groups -OCH3 is 4. The van der Waals surface area contributed by atoms with Gasteiger partial charge in [0.25, 0.3) is 5.56 Å². The summed E-state index contributed by atoms with van der Waals surface area (Å²) in [7, 11) is 5.43. The minimum atomic E-state index is -1.05. The van der Waals surface area contributed by atoms with Crippen molar-refractivity contribution < 1.29 is 38.0 Å². The molecule has 234 valence electrons. The molecule has 0 saturated carbocycles. The number of aromatic nitrogens is 1. The van der Waals surface area contributed by atoms with Gasteiger partial charge in [-0.15, -0.1) is 11.3 Å². The maximum absolute atomic E-state index is 13.8. The highest BCUT2D eigenvalue weighted by Crippen LogP contribution is 2.41. The van der Waals surface area contributed by atoms with Crippen molar-refractivity contribution >= 4 is 40.7 Å². The standard InChI is InChI=1S/C32H36N2O9S/c1-16(2)42-20-11-9-18(13-22(20)38-5)14-24-29(35)34-28(33)26(31(36)40-7)25(27(30(34)44-24)32(37)41-8)19-10-12-21(43-17(3)4)23(15-19)39-6/h9-17,25H,33H2,1-8H3/b24-14+. The molecule has 2 heterocycles. The third kappa shape index (κ3) is 6.16. The van der Waals surface area contributed by atoms with E-state index >= 15 is 0 Å². The lowest BCUT2D eigenvalue weighted by molar-refractivity contribution is -0.136. The Labute approximate surface area is 258 Å². The second kappa shape index (κ2) is 13.3. The zero-order valence-electron chi connectivity index (χ0n) is 25.9. The molecule has 4 rings (SSSR count). The number of nitrogens with two attached hydrogens (primary N) is 1. The lowest BCUT2D eigenvalue weighted by Gasteiger charge is -2.27. The number of benzene rings is 2. The van der Waals surface area contributed by atoms with Crippen LogP contribution in [0.1, 0.15) is 44.7 Å². The molecule has 2 N–H and O–H groups in total. The van der Waals surface area contributed by atoms with Crippen molar-refractivity contribution in [1.29, 1.82) is 0 Å². The smallest absolute Gasteiger partial charge is 0.338 e. The van der Waals surface area contributed by atoms with Crippen LogP contribution >= 0.6 is 11.3 Å². The van der Waals surface area contributed by atoms with E-state index in [0.29, 0.717) is 34.1 Å². The Morgan fingerprint density at radius 2 is 1.36 bits per heavy atom. The van der Waals surface area contributed by atoms with E-state index in [-0.39, 0.29) is 38.4 Å². The van der Waals surface area contributed by atoms with Gasteiger partial charge in [0.05, 0.1) is 62.2 Å². The maximum Gasteiger partial charge on any atom is 0.338 e. The van der Waals surface area contributed by atoms with Crippen LogP contribution in [0.3, 0.4) is 0 Å². The topological polar surface area (TPSA) is 138 Å². The van der Waals surface area contributed by atoms with Crippen LogP contribution in [0, 0.1) is 0 Å². The normalized spacial score (nSPS) is 14.9. The van der Waals surface area contributed by atoms with Crippen molar-refractivity contribution in [1.82, 2.24) is 4.57 Å². The van der Waals surface area contributed by atoms with Crippen molar-refractivity contribution in [2.45, 2.75) is 45.8 Å². The van der Waals surface area contributed by atoms with Gasteiger partial charge in [0.15, 0.2) is 23.0 Å². The van der Waals surface area contributed by atoms with Crippen molar-refractivity contribution in [3.63, 3.8) is 0 Å². The van der Waals surface area contributed by atoms with Gasteiger partial charge in [-0.1, -0.05) is 12.1 Å². The van der Waals surface area contributed by atoms with Gasteiger partial charge in [-0.25, -0.2) is 9.59 Å². The van der Waals surface area contributed by atoms with Crippen LogP contribution in [0.2, 0.25) is 0 Å². The number of carbonyl (C=O) groups excluding carboxylic acids is 2. The van der Waals surface area contributed by atoms with E-state index in [9.17, 15) is 14.4 Å². The molecule has 0 spiro atoms. The molecule has 1 aliphatic heterocycles. The highest BCUT2D eigenvalue weighted by Gasteiger charge is 2.40. The average molecular weight is 625 g/mol. The summed E-state index contributed by atoms with van der Waals surface area (Å²) in [6.07, 6.45) is 1.46. The fourth-order valence-electron chi connectivity index (χ4n) is 4.89. The van der Waals surface area contributed by atoms with Crippen LogP contribution < -0.4 is 39.4 Å². The van der Waals surface area contributed by atoms with E-state index < -0.39 is 23.4 Å². The van der Waals surface area contributed by atoms with Gasteiger partial charge in [0.2, 0.25) is 0 Å². The summed E-state index contributed by atoms with van der Waals surface area (Å²) in [6.45, 7) is 7.57. The van der Waals surface area contributed by atoms with Gasteiger partial charge in [-0.2, -0.15) is 0 Å². The molecule has 1 aliphatic rings. The second-order valence-corrected chi connectivity index (χ2v) is 11.4. The quantitative estimate of drug-likeness (QED) is 0.335. The summed E-state index contributed by atoms with van der Waals surface area (Å²) < 4.78 is 34.6. The van der Waals surface area contributed by atoms with Crippen molar-refractivity contribution in [2.75, 3.05) is 28.4 Å². The summed E-state index contributed by atoms with van der Waals surface area (Å²) in [4.78, 5) is 40.5. The van der Waals surface area contributed by atoms with Crippen molar-refractivity contribution in [2.24, 2.45) is 5.73 Å². The fourth-order valence-corrected chi connectivity index (χ4v) is 6.06. The van der Waals surface area contributed by atoms with E-state index in [1.54, 1.807) is 42.5 Å². The summed E-state index contributed by atoms with van der Waals surface area (Å²) in [5.41, 5.74) is 7.11. The van der Waals surface area contributed by atoms with Gasteiger partial charge >= 0.3 is 11.9 Å². The molecule has 11 nitrogen and oxygen atoms in total. The fraction of sp³-hybridized carbons (Fsp3) is 0.344. The van der Waals surface area contributed by atoms with Crippen LogP contribution in [0.4, 0.5) is 0 Å². The number of rotatable bonds is 10. The first-order valence-corrected chi connectivity index (χ1v) is 14.6. The molecule has 1 atom stereocenters. The molecular formula is C32H36N2O9S. The Morgan fingerprint density at radius 1 is 0.818 bits per heavy atom. The Balaban J connectivity index is 2.03. The van der Waals surface area contributed by atoms with Crippen LogP contribution in [0.5, 0.6) is 23.0 Å². The third-order valence-electron chi connectivity index (χ3n) is 6.69. The van der Waals surface area contributed by atoms with E-state index in [1.807, 2.05) is 27.7 Å². The van der Waals surface area contributed by atoms with Gasteiger partial charge in [-0.05, 0) is 69.2 Å². The summed E-state index contributed by atoms with van der Waals surface area (Å²) in [5, 5.41) is 0. The summed E-state index contributed by atoms with van der Waals surface area (Å²) in [6, 6.07) is 10.3. The predicted octanol–water partition coefficient (Wildman–Crippen LogP) is 2.75. The van der Waals surface area contributed by atoms with E-state index in [0.717, 1.165) is 15.9 Å². The number of esters is 2. The molecule has 44 heavy (non-hydrogen) atoms. The van der Waals surface area contributed by atoms with E-state index in [4.69, 9.17) is 34.2 Å². The predicted molar refractivity (Wildman–Crippen MR) is 166 cm³/mol. The lowest BCUT2D eigenvalue weighted by atomic mass is 9.83. The first-order valence-electron chi connectivity index (χ1n) is 13.8. The zero-order valence-corrected chi connectivity index (χ0v) is 26.7. The first kappa shape index (κ1) is 32.2. The van der Waals surface area contributed by atoms with E-state index in [1.165, 1.54) is 28.4 Å². The molecule has 0 radical (unpaired) electrons. The van der Waals surface area contributed by atoms with Crippen molar-refractivity contribution in [3.8, 4) is 23.0 Å². The number of hydrogen-bond acceptors (Lipinski definition) is 11. The Hall–Kier alpha value is -4.71. The molecular weight excluding hydrogens is 588 g/mol. The SMILES string of the molecule is COC(=O)C1=C(N)n2c(s/c(=C/c3ccc(OC(C)C)c(OC)c3)c2=O)=C(C(=O)OC)C1c1ccc(OC(C)C)c(OC)c1. The largest absolute Gasteiger partial charge is 0.493 e. The minimum Gasteiger partial charge on any atom is -0.493 e. The lowest BCUT2D eigenvalue weighted by Crippen LogP contribution is -2.41. The van der Waals surface area contributed by atoms with Gasteiger partial charge in [0, 0.05) is 0 Å². The first-order chi connectivity index (χ1) is 20.9. The number of carbonyl (C=O) groups is 2. The van der Waals surface area contributed by atoms with Gasteiger partial charge in [-0.3, -0.25) is 9.36 Å². The second-order valence-electron chi connectivity index (χ2n) is 10.3. The van der Waals surface area contributed by atoms with Crippen LogP contribution in [-0.4, -0.2) is 57.2 Å². The number of thiazole rings is 1. The molecule has 1 unspecified atom stereocenters. The van der Waals surface area contributed by atoms with Gasteiger partial charge in [0.1, 0.15) is 10.5 Å². The molecule has 0 bridgehead atoms. The van der Waals surface area contributed by atoms with Gasteiger partial charge < -0.3 is 34.2 Å².